The molecule has 0 atom stereocenters. The van der Waals surface area contributed by atoms with Gasteiger partial charge < -0.3 is 24.8 Å². The zero-order valence-electron chi connectivity index (χ0n) is 14.9. The van der Waals surface area contributed by atoms with E-state index in [-0.39, 0.29) is 0 Å². The van der Waals surface area contributed by atoms with Crippen molar-refractivity contribution in [3.05, 3.63) is 18.2 Å². The molecule has 1 aromatic carbocycles. The van der Waals surface area contributed by atoms with E-state index >= 15 is 0 Å². The van der Waals surface area contributed by atoms with Gasteiger partial charge in [-0.2, -0.15) is 0 Å². The van der Waals surface area contributed by atoms with Gasteiger partial charge in [-0.3, -0.25) is 4.99 Å². The summed E-state index contributed by atoms with van der Waals surface area (Å²) in [6.45, 7) is 10.5. The molecule has 1 aliphatic heterocycles. The molecule has 2 N–H and O–H groups in total. The van der Waals surface area contributed by atoms with E-state index in [1.54, 1.807) is 0 Å². The van der Waals surface area contributed by atoms with Gasteiger partial charge in [0.05, 0.1) is 26.4 Å². The summed E-state index contributed by atoms with van der Waals surface area (Å²) in [7, 11) is 0. The van der Waals surface area contributed by atoms with Crippen molar-refractivity contribution >= 4 is 11.6 Å². The Bertz CT molecular complexity index is 532. The summed E-state index contributed by atoms with van der Waals surface area (Å²) in [4.78, 5) is 4.53. The lowest BCUT2D eigenvalue weighted by atomic mass is 10.2. The van der Waals surface area contributed by atoms with Crippen LogP contribution in [0.4, 0.5) is 5.69 Å². The second-order valence-electron chi connectivity index (χ2n) is 6.07. The molecule has 0 aromatic heterocycles. The molecule has 0 amide bonds. The highest BCUT2D eigenvalue weighted by molar-refractivity contribution is 5.93. The van der Waals surface area contributed by atoms with Gasteiger partial charge in [-0.1, -0.05) is 13.8 Å². The molecule has 0 spiro atoms. The quantitative estimate of drug-likeness (QED) is 0.456. The van der Waals surface area contributed by atoms with Crippen LogP contribution in [0.3, 0.4) is 0 Å². The maximum Gasteiger partial charge on any atom is 0.195 e. The zero-order valence-corrected chi connectivity index (χ0v) is 14.9. The van der Waals surface area contributed by atoms with Gasteiger partial charge in [0.15, 0.2) is 17.5 Å². The summed E-state index contributed by atoms with van der Waals surface area (Å²) in [6.07, 6.45) is 0.901. The van der Waals surface area contributed by atoms with Crippen molar-refractivity contribution < 1.29 is 14.2 Å². The predicted octanol–water partition coefficient (Wildman–Crippen LogP) is 2.90. The second kappa shape index (κ2) is 10.0. The Morgan fingerprint density at radius 3 is 2.79 bits per heavy atom. The minimum absolute atomic E-state index is 0.544. The molecular formula is C18H29N3O3. The topological polar surface area (TPSA) is 64.1 Å². The SMILES string of the molecule is CCNC(=NCCOCC(C)C)Nc1ccc2c(c1)OCCCO2. The summed E-state index contributed by atoms with van der Waals surface area (Å²) in [6, 6.07) is 5.84. The summed E-state index contributed by atoms with van der Waals surface area (Å²) in [5.74, 6) is 2.85. The van der Waals surface area contributed by atoms with Gasteiger partial charge >= 0.3 is 0 Å². The number of rotatable bonds is 7. The van der Waals surface area contributed by atoms with Gasteiger partial charge in [-0.05, 0) is 25.0 Å². The smallest absolute Gasteiger partial charge is 0.195 e. The summed E-state index contributed by atoms with van der Waals surface area (Å²) in [5.41, 5.74) is 0.919. The number of guanidine groups is 1. The number of nitrogens with one attached hydrogen (secondary N) is 2. The average molecular weight is 335 g/mol. The molecule has 0 saturated heterocycles. The van der Waals surface area contributed by atoms with Gasteiger partial charge in [0.2, 0.25) is 0 Å². The van der Waals surface area contributed by atoms with Crippen LogP contribution >= 0.6 is 0 Å². The Hall–Kier alpha value is -1.95. The lowest BCUT2D eigenvalue weighted by Gasteiger charge is -2.14. The third-order valence-corrected chi connectivity index (χ3v) is 3.31. The van der Waals surface area contributed by atoms with Crippen molar-refractivity contribution in [1.82, 2.24) is 5.32 Å². The highest BCUT2D eigenvalue weighted by atomic mass is 16.5. The van der Waals surface area contributed by atoms with Crippen LogP contribution in [0.5, 0.6) is 11.5 Å². The van der Waals surface area contributed by atoms with Crippen LogP contribution in [0.25, 0.3) is 0 Å². The van der Waals surface area contributed by atoms with Gasteiger partial charge in [0.1, 0.15) is 0 Å². The third-order valence-electron chi connectivity index (χ3n) is 3.31. The Balaban J connectivity index is 1.93. The molecule has 0 unspecified atom stereocenters. The number of anilines is 1. The normalized spacial score (nSPS) is 14.4. The molecule has 1 aliphatic rings. The zero-order chi connectivity index (χ0) is 17.2. The molecule has 0 saturated carbocycles. The largest absolute Gasteiger partial charge is 0.490 e. The van der Waals surface area contributed by atoms with Crippen molar-refractivity contribution in [2.75, 3.05) is 44.8 Å². The van der Waals surface area contributed by atoms with E-state index in [2.05, 4.69) is 29.5 Å². The van der Waals surface area contributed by atoms with E-state index in [1.807, 2.05) is 25.1 Å². The second-order valence-corrected chi connectivity index (χ2v) is 6.07. The first kappa shape index (κ1) is 18.4. The van der Waals surface area contributed by atoms with Crippen LogP contribution < -0.4 is 20.1 Å². The number of hydrogen-bond acceptors (Lipinski definition) is 4. The molecule has 134 valence electrons. The molecule has 1 heterocycles. The molecule has 0 bridgehead atoms. The van der Waals surface area contributed by atoms with Gasteiger partial charge in [0, 0.05) is 31.3 Å². The third kappa shape index (κ3) is 6.28. The van der Waals surface area contributed by atoms with Crippen molar-refractivity contribution in [1.29, 1.82) is 0 Å². The molecule has 2 rings (SSSR count). The highest BCUT2D eigenvalue weighted by Gasteiger charge is 2.11. The van der Waals surface area contributed by atoms with E-state index in [0.29, 0.717) is 32.3 Å². The molecule has 1 aromatic rings. The summed E-state index contributed by atoms with van der Waals surface area (Å²) >= 11 is 0. The van der Waals surface area contributed by atoms with E-state index in [1.165, 1.54) is 0 Å². The van der Waals surface area contributed by atoms with E-state index in [9.17, 15) is 0 Å². The van der Waals surface area contributed by atoms with Gasteiger partial charge in [0.25, 0.3) is 0 Å². The fourth-order valence-corrected chi connectivity index (χ4v) is 2.23. The fourth-order valence-electron chi connectivity index (χ4n) is 2.23. The Kier molecular flexibility index (Phi) is 7.68. The summed E-state index contributed by atoms with van der Waals surface area (Å²) < 4.78 is 16.9. The highest BCUT2D eigenvalue weighted by Crippen LogP contribution is 2.32. The van der Waals surface area contributed by atoms with Crippen molar-refractivity contribution in [2.45, 2.75) is 27.2 Å². The van der Waals surface area contributed by atoms with Gasteiger partial charge in [-0.15, -0.1) is 0 Å². The van der Waals surface area contributed by atoms with Crippen LogP contribution in [-0.4, -0.2) is 45.5 Å². The lowest BCUT2D eigenvalue weighted by Crippen LogP contribution is -2.31. The van der Waals surface area contributed by atoms with Crippen molar-refractivity contribution in [2.24, 2.45) is 10.9 Å². The first-order chi connectivity index (χ1) is 11.7. The van der Waals surface area contributed by atoms with Gasteiger partial charge in [-0.25, -0.2) is 0 Å². The maximum atomic E-state index is 5.72. The van der Waals surface area contributed by atoms with Crippen LogP contribution in [0, 0.1) is 5.92 Å². The molecule has 0 fully saturated rings. The Morgan fingerprint density at radius 2 is 2.04 bits per heavy atom. The molecule has 0 aliphatic carbocycles. The Labute approximate surface area is 144 Å². The molecule has 24 heavy (non-hydrogen) atoms. The number of hydrogen-bond donors (Lipinski definition) is 2. The molecular weight excluding hydrogens is 306 g/mol. The van der Waals surface area contributed by atoms with Crippen LogP contribution in [0.15, 0.2) is 23.2 Å². The Morgan fingerprint density at radius 1 is 1.25 bits per heavy atom. The summed E-state index contributed by atoms with van der Waals surface area (Å²) in [5, 5.41) is 6.53. The standard InChI is InChI=1S/C18H29N3O3/c1-4-19-18(20-8-11-22-13-14(2)3)21-15-6-7-16-17(12-15)24-10-5-9-23-16/h6-7,12,14H,4-5,8-11,13H2,1-3H3,(H2,19,20,21). The maximum absolute atomic E-state index is 5.72. The van der Waals surface area contributed by atoms with Crippen LogP contribution in [0.1, 0.15) is 27.2 Å². The molecule has 0 radical (unpaired) electrons. The van der Waals surface area contributed by atoms with E-state index < -0.39 is 0 Å². The van der Waals surface area contributed by atoms with Crippen molar-refractivity contribution in [3.8, 4) is 11.5 Å². The lowest BCUT2D eigenvalue weighted by molar-refractivity contribution is 0.117. The fraction of sp³-hybridized carbons (Fsp3) is 0.611. The first-order valence-electron chi connectivity index (χ1n) is 8.71. The average Bonchev–Trinajstić information content (AvgIpc) is 2.79. The molecule has 6 heteroatoms. The van der Waals surface area contributed by atoms with Crippen LogP contribution in [-0.2, 0) is 4.74 Å². The van der Waals surface area contributed by atoms with Crippen LogP contribution in [0.2, 0.25) is 0 Å². The van der Waals surface area contributed by atoms with E-state index in [4.69, 9.17) is 14.2 Å². The van der Waals surface area contributed by atoms with Crippen molar-refractivity contribution in [3.63, 3.8) is 0 Å². The monoisotopic (exact) mass is 335 g/mol. The number of benzene rings is 1. The number of fused-ring (bicyclic) bond motifs is 1. The van der Waals surface area contributed by atoms with E-state index in [0.717, 1.165) is 42.7 Å². The minimum atomic E-state index is 0.544. The predicted molar refractivity (Wildman–Crippen MR) is 97.3 cm³/mol. The minimum Gasteiger partial charge on any atom is -0.490 e. The number of aliphatic imine (C=N–C) groups is 1. The first-order valence-corrected chi connectivity index (χ1v) is 8.71. The number of ether oxygens (including phenoxy) is 3. The molecule has 6 nitrogen and oxygen atoms in total. The number of nitrogens with zero attached hydrogens (tertiary/aromatic N) is 1.